The van der Waals surface area contributed by atoms with Crippen LogP contribution in [-0.2, 0) is 17.3 Å². The summed E-state index contributed by atoms with van der Waals surface area (Å²) >= 11 is 0. The Kier molecular flexibility index (Phi) is 5.26. The molecule has 0 N–H and O–H groups in total. The van der Waals surface area contributed by atoms with Crippen LogP contribution in [0.4, 0.5) is 4.39 Å². The van der Waals surface area contributed by atoms with Crippen molar-refractivity contribution in [3.8, 4) is 5.88 Å². The number of nitrogens with zero attached hydrogens (tertiary/aromatic N) is 2. The zero-order valence-corrected chi connectivity index (χ0v) is 15.5. The molecule has 0 aliphatic carbocycles. The van der Waals surface area contributed by atoms with E-state index >= 15 is 0 Å². The van der Waals surface area contributed by atoms with Crippen molar-refractivity contribution in [3.05, 3.63) is 53.2 Å². The van der Waals surface area contributed by atoms with Crippen LogP contribution in [-0.4, -0.2) is 16.6 Å². The van der Waals surface area contributed by atoms with Crippen molar-refractivity contribution >= 4 is 0 Å². The molecule has 0 radical (unpaired) electrons. The van der Waals surface area contributed by atoms with Crippen LogP contribution in [0.15, 0.2) is 30.6 Å². The maximum absolute atomic E-state index is 14.9. The molecule has 0 atom stereocenters. The molecular formula is C20H27FN2O. The van der Waals surface area contributed by atoms with E-state index in [-0.39, 0.29) is 16.6 Å². The second kappa shape index (κ2) is 6.88. The SMILES string of the molecule is CCOc1ccc(C(C)(C)Cc2nccc(C(C)(C)C)c2F)cn1. The first-order chi connectivity index (χ1) is 11.1. The Balaban J connectivity index is 2.29. The zero-order valence-electron chi connectivity index (χ0n) is 15.5. The van der Waals surface area contributed by atoms with Gasteiger partial charge in [-0.15, -0.1) is 0 Å². The molecule has 2 aromatic rings. The van der Waals surface area contributed by atoms with Crippen LogP contribution in [0.1, 0.15) is 58.4 Å². The van der Waals surface area contributed by atoms with Gasteiger partial charge in [0.15, 0.2) is 0 Å². The molecule has 0 aliphatic rings. The van der Waals surface area contributed by atoms with E-state index in [0.29, 0.717) is 30.2 Å². The maximum Gasteiger partial charge on any atom is 0.213 e. The van der Waals surface area contributed by atoms with Crippen LogP contribution in [0, 0.1) is 5.82 Å². The molecule has 4 heteroatoms. The predicted octanol–water partition coefficient (Wildman–Crippen LogP) is 4.83. The molecule has 0 saturated carbocycles. The first-order valence-electron chi connectivity index (χ1n) is 8.38. The average Bonchev–Trinajstić information content (AvgIpc) is 2.49. The molecule has 2 rings (SSSR count). The van der Waals surface area contributed by atoms with Gasteiger partial charge in [-0.05, 0) is 34.9 Å². The standard InChI is InChI=1S/C20H27FN2O/c1-7-24-17-9-8-14(13-23-17)20(5,6)12-16-18(21)15(10-11-22-16)19(2,3)4/h8-11,13H,7,12H2,1-6H3. The number of halogens is 1. The van der Waals surface area contributed by atoms with E-state index in [1.165, 1.54) is 0 Å². The fraction of sp³-hybridized carbons (Fsp3) is 0.500. The van der Waals surface area contributed by atoms with Gasteiger partial charge in [-0.2, -0.15) is 0 Å². The Morgan fingerprint density at radius 2 is 1.75 bits per heavy atom. The van der Waals surface area contributed by atoms with Gasteiger partial charge in [0.25, 0.3) is 0 Å². The summed E-state index contributed by atoms with van der Waals surface area (Å²) < 4.78 is 20.3. The van der Waals surface area contributed by atoms with Crippen molar-refractivity contribution in [2.75, 3.05) is 6.61 Å². The minimum atomic E-state index is -0.276. The fourth-order valence-electron chi connectivity index (χ4n) is 2.72. The number of hydrogen-bond donors (Lipinski definition) is 0. The molecule has 0 fully saturated rings. The first-order valence-corrected chi connectivity index (χ1v) is 8.38. The summed E-state index contributed by atoms with van der Waals surface area (Å²) in [7, 11) is 0. The van der Waals surface area contributed by atoms with Gasteiger partial charge in [-0.1, -0.05) is 40.7 Å². The number of aromatic nitrogens is 2. The molecule has 0 saturated heterocycles. The minimum absolute atomic E-state index is 0.197. The van der Waals surface area contributed by atoms with Crippen LogP contribution >= 0.6 is 0 Å². The predicted molar refractivity (Wildman–Crippen MR) is 95.0 cm³/mol. The molecule has 0 bridgehead atoms. The van der Waals surface area contributed by atoms with Crippen LogP contribution in [0.2, 0.25) is 0 Å². The van der Waals surface area contributed by atoms with E-state index in [9.17, 15) is 4.39 Å². The smallest absolute Gasteiger partial charge is 0.213 e. The van der Waals surface area contributed by atoms with E-state index in [2.05, 4.69) is 23.8 Å². The van der Waals surface area contributed by atoms with E-state index in [1.54, 1.807) is 18.5 Å². The molecule has 0 spiro atoms. The van der Waals surface area contributed by atoms with Crippen molar-refractivity contribution in [1.82, 2.24) is 9.97 Å². The Morgan fingerprint density at radius 1 is 1.04 bits per heavy atom. The molecule has 0 unspecified atom stereocenters. The number of pyridine rings is 2. The molecule has 24 heavy (non-hydrogen) atoms. The van der Waals surface area contributed by atoms with Crippen LogP contribution in [0.5, 0.6) is 5.88 Å². The summed E-state index contributed by atoms with van der Waals surface area (Å²) in [6.45, 7) is 12.7. The zero-order chi connectivity index (χ0) is 18.0. The summed E-state index contributed by atoms with van der Waals surface area (Å²) in [5.74, 6) is 0.410. The quantitative estimate of drug-likeness (QED) is 0.787. The highest BCUT2D eigenvalue weighted by atomic mass is 19.1. The Bertz CT molecular complexity index is 688. The van der Waals surface area contributed by atoms with Gasteiger partial charge in [0.2, 0.25) is 5.88 Å². The van der Waals surface area contributed by atoms with Crippen LogP contribution in [0.25, 0.3) is 0 Å². The molecule has 130 valence electrons. The van der Waals surface area contributed by atoms with Crippen molar-refractivity contribution in [2.45, 2.75) is 58.8 Å². The van der Waals surface area contributed by atoms with Crippen molar-refractivity contribution < 1.29 is 9.13 Å². The molecular weight excluding hydrogens is 303 g/mol. The summed E-state index contributed by atoms with van der Waals surface area (Å²) in [5.41, 5.74) is 1.72. The lowest BCUT2D eigenvalue weighted by Gasteiger charge is -2.26. The largest absolute Gasteiger partial charge is 0.478 e. The second-order valence-electron chi connectivity index (χ2n) is 7.75. The summed E-state index contributed by atoms with van der Waals surface area (Å²) in [6, 6.07) is 5.61. The highest BCUT2D eigenvalue weighted by Crippen LogP contribution is 2.31. The number of rotatable bonds is 5. The van der Waals surface area contributed by atoms with Gasteiger partial charge in [0.1, 0.15) is 5.82 Å². The Labute approximate surface area is 144 Å². The minimum Gasteiger partial charge on any atom is -0.478 e. The topological polar surface area (TPSA) is 35.0 Å². The van der Waals surface area contributed by atoms with E-state index in [1.807, 2.05) is 39.8 Å². The highest BCUT2D eigenvalue weighted by Gasteiger charge is 2.27. The third kappa shape index (κ3) is 4.11. The average molecular weight is 330 g/mol. The van der Waals surface area contributed by atoms with E-state index < -0.39 is 0 Å². The molecule has 0 aliphatic heterocycles. The van der Waals surface area contributed by atoms with Gasteiger partial charge in [-0.3, -0.25) is 4.98 Å². The van der Waals surface area contributed by atoms with Gasteiger partial charge >= 0.3 is 0 Å². The highest BCUT2D eigenvalue weighted by molar-refractivity contribution is 5.30. The first kappa shape index (κ1) is 18.4. The van der Waals surface area contributed by atoms with Crippen molar-refractivity contribution in [3.63, 3.8) is 0 Å². The van der Waals surface area contributed by atoms with Crippen LogP contribution in [0.3, 0.4) is 0 Å². The number of ether oxygens (including phenoxy) is 1. The van der Waals surface area contributed by atoms with Crippen LogP contribution < -0.4 is 4.74 Å². The number of hydrogen-bond acceptors (Lipinski definition) is 3. The third-order valence-corrected chi connectivity index (χ3v) is 4.19. The van der Waals surface area contributed by atoms with Crippen molar-refractivity contribution in [1.29, 1.82) is 0 Å². The normalized spacial score (nSPS) is 12.3. The molecule has 2 aromatic heterocycles. The summed E-state index contributed by atoms with van der Waals surface area (Å²) in [5, 5.41) is 0. The lowest BCUT2D eigenvalue weighted by Crippen LogP contribution is -2.24. The lowest BCUT2D eigenvalue weighted by molar-refractivity contribution is 0.326. The molecule has 2 heterocycles. The van der Waals surface area contributed by atoms with Gasteiger partial charge in [0.05, 0.1) is 12.3 Å². The Morgan fingerprint density at radius 3 is 2.29 bits per heavy atom. The monoisotopic (exact) mass is 330 g/mol. The lowest BCUT2D eigenvalue weighted by atomic mass is 9.79. The molecule has 0 aromatic carbocycles. The fourth-order valence-corrected chi connectivity index (χ4v) is 2.72. The maximum atomic E-state index is 14.9. The second-order valence-corrected chi connectivity index (χ2v) is 7.75. The van der Waals surface area contributed by atoms with E-state index in [4.69, 9.17) is 4.74 Å². The molecule has 0 amide bonds. The van der Waals surface area contributed by atoms with E-state index in [0.717, 1.165) is 5.56 Å². The Hall–Kier alpha value is -1.97. The summed E-state index contributed by atoms with van der Waals surface area (Å²) in [6.07, 6.45) is 4.01. The molecule has 3 nitrogen and oxygen atoms in total. The van der Waals surface area contributed by atoms with Gasteiger partial charge in [-0.25, -0.2) is 9.37 Å². The van der Waals surface area contributed by atoms with Crippen molar-refractivity contribution in [2.24, 2.45) is 0 Å². The third-order valence-electron chi connectivity index (χ3n) is 4.19. The van der Waals surface area contributed by atoms with Gasteiger partial charge < -0.3 is 4.74 Å². The van der Waals surface area contributed by atoms with Gasteiger partial charge in [0, 0.05) is 24.9 Å². The summed E-state index contributed by atoms with van der Waals surface area (Å²) in [4.78, 5) is 8.61.